The van der Waals surface area contributed by atoms with Gasteiger partial charge in [-0.25, -0.2) is 0 Å². The molecule has 2 rings (SSSR count). The fourth-order valence-corrected chi connectivity index (χ4v) is 4.41. The largest absolute Gasteiger partial charge is 0.303 e. The summed E-state index contributed by atoms with van der Waals surface area (Å²) in [6.45, 7) is 7.82. The number of carbonyl (C=O) groups excluding carboxylic acids is 1. The molecular weight excluding hydrogens is 234 g/mol. The molecule has 0 aromatic carbocycles. The Kier molecular flexibility index (Phi) is 5.44. The molecule has 1 saturated heterocycles. The van der Waals surface area contributed by atoms with Crippen LogP contribution in [0.1, 0.15) is 71.6 Å². The van der Waals surface area contributed by atoms with Crippen LogP contribution in [0, 0.1) is 11.3 Å². The van der Waals surface area contributed by atoms with Crippen LogP contribution < -0.4 is 0 Å². The number of ketones is 1. The molecule has 2 fully saturated rings. The van der Waals surface area contributed by atoms with E-state index in [-0.39, 0.29) is 5.41 Å². The van der Waals surface area contributed by atoms with E-state index in [4.69, 9.17) is 0 Å². The summed E-state index contributed by atoms with van der Waals surface area (Å²) in [4.78, 5) is 15.2. The number of rotatable bonds is 5. The zero-order chi connectivity index (χ0) is 13.7. The molecule has 2 nitrogen and oxygen atoms in total. The van der Waals surface area contributed by atoms with Gasteiger partial charge in [-0.2, -0.15) is 0 Å². The molecule has 0 unspecified atom stereocenters. The predicted molar refractivity (Wildman–Crippen MR) is 80.3 cm³/mol. The van der Waals surface area contributed by atoms with Crippen LogP contribution in [0.5, 0.6) is 0 Å². The number of Topliss-reactive ketones (excluding diaryl/α,β-unsaturated/α-hetero) is 1. The Morgan fingerprint density at radius 1 is 1.11 bits per heavy atom. The second kappa shape index (κ2) is 6.88. The van der Waals surface area contributed by atoms with Crippen molar-refractivity contribution in [2.45, 2.75) is 71.6 Å². The summed E-state index contributed by atoms with van der Waals surface area (Å²) in [7, 11) is 0. The van der Waals surface area contributed by atoms with E-state index in [0.717, 1.165) is 32.4 Å². The maximum Gasteiger partial charge on any atom is 0.139 e. The van der Waals surface area contributed by atoms with Gasteiger partial charge in [0.05, 0.1) is 0 Å². The first-order chi connectivity index (χ1) is 9.23. The van der Waals surface area contributed by atoms with Crippen LogP contribution >= 0.6 is 0 Å². The molecule has 0 atom stereocenters. The summed E-state index contributed by atoms with van der Waals surface area (Å²) >= 11 is 0. The Balaban J connectivity index is 2.06. The van der Waals surface area contributed by atoms with Gasteiger partial charge in [-0.05, 0) is 57.7 Å². The molecule has 0 aromatic rings. The van der Waals surface area contributed by atoms with Gasteiger partial charge in [-0.15, -0.1) is 0 Å². The zero-order valence-electron chi connectivity index (χ0n) is 12.9. The first-order valence-electron chi connectivity index (χ1n) is 8.48. The third-order valence-corrected chi connectivity index (χ3v) is 5.55. The topological polar surface area (TPSA) is 20.3 Å². The minimum atomic E-state index is 0.0550. The first-order valence-corrected chi connectivity index (χ1v) is 8.48. The second-order valence-electron chi connectivity index (χ2n) is 6.61. The zero-order valence-corrected chi connectivity index (χ0v) is 12.9. The summed E-state index contributed by atoms with van der Waals surface area (Å²) < 4.78 is 0. The van der Waals surface area contributed by atoms with E-state index in [2.05, 4.69) is 18.7 Å². The van der Waals surface area contributed by atoms with Gasteiger partial charge in [-0.3, -0.25) is 4.79 Å². The highest BCUT2D eigenvalue weighted by Gasteiger charge is 2.45. The van der Waals surface area contributed by atoms with Gasteiger partial charge in [0, 0.05) is 11.8 Å². The molecule has 0 aromatic heterocycles. The van der Waals surface area contributed by atoms with Crippen LogP contribution in [0.25, 0.3) is 0 Å². The highest BCUT2D eigenvalue weighted by atomic mass is 16.1. The van der Waals surface area contributed by atoms with Gasteiger partial charge >= 0.3 is 0 Å². The third-order valence-electron chi connectivity index (χ3n) is 5.55. The molecule has 0 N–H and O–H groups in total. The normalized spacial score (nSPS) is 25.4. The molecule has 1 aliphatic heterocycles. The van der Waals surface area contributed by atoms with Gasteiger partial charge < -0.3 is 4.90 Å². The van der Waals surface area contributed by atoms with E-state index in [1.165, 1.54) is 45.1 Å². The lowest BCUT2D eigenvalue weighted by Gasteiger charge is -2.47. The van der Waals surface area contributed by atoms with E-state index in [1.54, 1.807) is 0 Å². The van der Waals surface area contributed by atoms with Crippen molar-refractivity contribution in [2.24, 2.45) is 11.3 Å². The molecule has 2 aliphatic rings. The number of piperidine rings is 1. The van der Waals surface area contributed by atoms with Crippen molar-refractivity contribution >= 4 is 5.78 Å². The summed E-state index contributed by atoms with van der Waals surface area (Å²) in [6.07, 6.45) is 10.9. The molecule has 0 amide bonds. The Morgan fingerprint density at radius 3 is 2.26 bits per heavy atom. The Hall–Kier alpha value is -0.370. The standard InChI is InChI=1S/C17H31NO/c1-3-12-18-13-10-17(11-14-18,16(19)4-2)15-8-6-5-7-9-15/h15H,3-14H2,1-2H3. The molecule has 0 spiro atoms. The maximum atomic E-state index is 12.6. The molecule has 0 radical (unpaired) electrons. The van der Waals surface area contributed by atoms with Crippen molar-refractivity contribution < 1.29 is 4.79 Å². The summed E-state index contributed by atoms with van der Waals surface area (Å²) in [6, 6.07) is 0. The minimum Gasteiger partial charge on any atom is -0.303 e. The van der Waals surface area contributed by atoms with Crippen molar-refractivity contribution in [3.05, 3.63) is 0 Å². The van der Waals surface area contributed by atoms with Crippen molar-refractivity contribution in [1.29, 1.82) is 0 Å². The third kappa shape index (κ3) is 3.21. The van der Waals surface area contributed by atoms with Crippen LogP contribution in [0.2, 0.25) is 0 Å². The molecule has 1 heterocycles. The highest BCUT2D eigenvalue weighted by molar-refractivity contribution is 5.85. The number of carbonyl (C=O) groups is 1. The van der Waals surface area contributed by atoms with E-state index < -0.39 is 0 Å². The highest BCUT2D eigenvalue weighted by Crippen LogP contribution is 2.47. The van der Waals surface area contributed by atoms with E-state index in [9.17, 15) is 4.79 Å². The van der Waals surface area contributed by atoms with Gasteiger partial charge in [0.25, 0.3) is 0 Å². The quantitative estimate of drug-likeness (QED) is 0.748. The van der Waals surface area contributed by atoms with Crippen LogP contribution in [0.15, 0.2) is 0 Å². The van der Waals surface area contributed by atoms with Crippen LogP contribution in [-0.4, -0.2) is 30.3 Å². The fraction of sp³-hybridized carbons (Fsp3) is 0.941. The Morgan fingerprint density at radius 2 is 1.74 bits per heavy atom. The van der Waals surface area contributed by atoms with E-state index >= 15 is 0 Å². The van der Waals surface area contributed by atoms with Crippen LogP contribution in [0.4, 0.5) is 0 Å². The van der Waals surface area contributed by atoms with Crippen molar-refractivity contribution in [3.8, 4) is 0 Å². The molecule has 110 valence electrons. The Labute approximate surface area is 118 Å². The van der Waals surface area contributed by atoms with Crippen molar-refractivity contribution in [2.75, 3.05) is 19.6 Å². The van der Waals surface area contributed by atoms with Gasteiger partial charge in [0.15, 0.2) is 0 Å². The first kappa shape index (κ1) is 15.0. The average molecular weight is 265 g/mol. The summed E-state index contributed by atoms with van der Waals surface area (Å²) in [5.74, 6) is 1.26. The maximum absolute atomic E-state index is 12.6. The lowest BCUT2D eigenvalue weighted by Crippen LogP contribution is -2.49. The molecule has 2 heteroatoms. The summed E-state index contributed by atoms with van der Waals surface area (Å²) in [5.41, 5.74) is 0.0550. The van der Waals surface area contributed by atoms with Crippen molar-refractivity contribution in [3.63, 3.8) is 0 Å². The lowest BCUT2D eigenvalue weighted by molar-refractivity contribution is -0.136. The predicted octanol–water partition coefficient (Wildman–Crippen LogP) is 4.04. The smallest absolute Gasteiger partial charge is 0.139 e. The van der Waals surface area contributed by atoms with Crippen LogP contribution in [-0.2, 0) is 4.79 Å². The number of nitrogens with zero attached hydrogens (tertiary/aromatic N) is 1. The number of hydrogen-bond donors (Lipinski definition) is 0. The molecule has 1 saturated carbocycles. The molecule has 0 bridgehead atoms. The molecule has 19 heavy (non-hydrogen) atoms. The number of hydrogen-bond acceptors (Lipinski definition) is 2. The fourth-order valence-electron chi connectivity index (χ4n) is 4.41. The second-order valence-corrected chi connectivity index (χ2v) is 6.61. The SMILES string of the molecule is CCCN1CCC(C(=O)CC)(C2CCCCC2)CC1. The number of likely N-dealkylation sites (tertiary alicyclic amines) is 1. The molecular formula is C17H31NO. The van der Waals surface area contributed by atoms with Gasteiger partial charge in [0.1, 0.15) is 5.78 Å². The lowest BCUT2D eigenvalue weighted by atomic mass is 9.61. The average Bonchev–Trinajstić information content (AvgIpc) is 2.48. The minimum absolute atomic E-state index is 0.0550. The Bertz CT molecular complexity index is 286. The van der Waals surface area contributed by atoms with Crippen molar-refractivity contribution in [1.82, 2.24) is 4.90 Å². The van der Waals surface area contributed by atoms with E-state index in [0.29, 0.717) is 11.7 Å². The molecule has 1 aliphatic carbocycles. The van der Waals surface area contributed by atoms with Gasteiger partial charge in [0.2, 0.25) is 0 Å². The van der Waals surface area contributed by atoms with E-state index in [1.807, 2.05) is 0 Å². The van der Waals surface area contributed by atoms with Crippen LogP contribution in [0.3, 0.4) is 0 Å². The summed E-state index contributed by atoms with van der Waals surface area (Å²) in [5, 5.41) is 0. The van der Waals surface area contributed by atoms with Gasteiger partial charge in [-0.1, -0.05) is 33.1 Å². The monoisotopic (exact) mass is 265 g/mol.